The second-order valence-electron chi connectivity index (χ2n) is 4.67. The fourth-order valence-corrected chi connectivity index (χ4v) is 2.26. The fourth-order valence-electron chi connectivity index (χ4n) is 2.14. The highest BCUT2D eigenvalue weighted by atomic mass is 35.5. The Hall–Kier alpha value is -2.34. The average Bonchev–Trinajstić information content (AvgIpc) is 3.07. The Morgan fingerprint density at radius 2 is 1.95 bits per heavy atom. The van der Waals surface area contributed by atoms with Gasteiger partial charge in [-0.25, -0.2) is 9.78 Å². The number of hydrogen-bond acceptors (Lipinski definition) is 3. The van der Waals surface area contributed by atoms with E-state index in [0.717, 1.165) is 0 Å². The third kappa shape index (κ3) is 2.75. The largest absolute Gasteiger partial charge is 0.350 e. The van der Waals surface area contributed by atoms with Crippen LogP contribution in [0.1, 0.15) is 5.82 Å². The lowest BCUT2D eigenvalue weighted by Crippen LogP contribution is -2.25. The molecule has 1 aromatic carbocycles. The van der Waals surface area contributed by atoms with Crippen LogP contribution in [0.5, 0.6) is 0 Å². The van der Waals surface area contributed by atoms with Gasteiger partial charge in [-0.15, -0.1) is 0 Å². The molecule has 0 aliphatic heterocycles. The third-order valence-electron chi connectivity index (χ3n) is 3.26. The number of nitrogens with zero attached hydrogens (tertiary/aromatic N) is 5. The van der Waals surface area contributed by atoms with Crippen molar-refractivity contribution in [2.24, 2.45) is 0 Å². The number of aromatic nitrogens is 5. The minimum atomic E-state index is -0.157. The van der Waals surface area contributed by atoms with E-state index in [1.54, 1.807) is 41.4 Å². The fraction of sp³-hybridized carbons (Fsp3) is 0.214. The third-order valence-corrected chi connectivity index (χ3v) is 3.51. The topological polar surface area (TPSA) is 57.6 Å². The molecule has 2 heterocycles. The summed E-state index contributed by atoms with van der Waals surface area (Å²) in [7, 11) is 0. The van der Waals surface area contributed by atoms with Crippen molar-refractivity contribution in [1.82, 2.24) is 23.9 Å². The molecule has 7 heteroatoms. The van der Waals surface area contributed by atoms with Gasteiger partial charge in [-0.05, 0) is 31.2 Å². The summed E-state index contributed by atoms with van der Waals surface area (Å²) in [5.41, 5.74) is 0.545. The average molecular weight is 304 g/mol. The second kappa shape index (κ2) is 5.57. The summed E-state index contributed by atoms with van der Waals surface area (Å²) in [6.45, 7) is 3.05. The van der Waals surface area contributed by atoms with E-state index in [2.05, 4.69) is 10.1 Å². The molecule has 0 N–H and O–H groups in total. The van der Waals surface area contributed by atoms with E-state index in [1.807, 2.05) is 17.7 Å². The lowest BCUT2D eigenvalue weighted by Gasteiger charge is -2.03. The highest BCUT2D eigenvalue weighted by molar-refractivity contribution is 6.30. The number of aryl methyl sites for hydroxylation is 2. The van der Waals surface area contributed by atoms with Gasteiger partial charge in [-0.2, -0.15) is 9.78 Å². The molecule has 0 radical (unpaired) electrons. The molecule has 108 valence electrons. The molecule has 2 aromatic heterocycles. The van der Waals surface area contributed by atoms with Crippen LogP contribution in [0.15, 0.2) is 47.8 Å². The molecule has 21 heavy (non-hydrogen) atoms. The van der Waals surface area contributed by atoms with E-state index in [1.165, 1.54) is 4.68 Å². The lowest BCUT2D eigenvalue weighted by atomic mass is 10.3. The maximum Gasteiger partial charge on any atom is 0.350 e. The van der Waals surface area contributed by atoms with Crippen LogP contribution in [-0.2, 0) is 13.1 Å². The number of rotatable bonds is 4. The molecule has 0 unspecified atom stereocenters. The van der Waals surface area contributed by atoms with Gasteiger partial charge in [-0.3, -0.25) is 4.57 Å². The van der Waals surface area contributed by atoms with Crippen molar-refractivity contribution >= 4 is 11.6 Å². The molecule has 0 fully saturated rings. The summed E-state index contributed by atoms with van der Waals surface area (Å²) in [6.07, 6.45) is 5.31. The normalized spacial score (nSPS) is 11.0. The van der Waals surface area contributed by atoms with Crippen molar-refractivity contribution in [3.05, 3.63) is 64.3 Å². The zero-order valence-electron chi connectivity index (χ0n) is 11.5. The van der Waals surface area contributed by atoms with Gasteiger partial charge in [-0.1, -0.05) is 11.6 Å². The Balaban J connectivity index is 1.89. The van der Waals surface area contributed by atoms with Crippen LogP contribution in [0.2, 0.25) is 5.02 Å². The Bertz CT molecular complexity index is 786. The summed E-state index contributed by atoms with van der Waals surface area (Å²) in [5, 5.41) is 4.94. The van der Waals surface area contributed by atoms with Crippen LogP contribution in [0.4, 0.5) is 0 Å². The van der Waals surface area contributed by atoms with Crippen molar-refractivity contribution in [2.75, 3.05) is 0 Å². The zero-order valence-corrected chi connectivity index (χ0v) is 12.2. The standard InChI is InChI=1S/C14H14ClN5O/c1-11-17-20(13-4-2-12(15)3-5-13)14(21)19(11)9-8-18-7-6-16-10-18/h2-7,10H,8-9H2,1H3. The first-order valence-corrected chi connectivity index (χ1v) is 6.91. The van der Waals surface area contributed by atoms with E-state index in [-0.39, 0.29) is 5.69 Å². The van der Waals surface area contributed by atoms with Crippen LogP contribution in [0.25, 0.3) is 5.69 Å². The predicted molar refractivity (Wildman–Crippen MR) is 79.8 cm³/mol. The van der Waals surface area contributed by atoms with Gasteiger partial charge in [0.05, 0.1) is 12.0 Å². The molecule has 0 aliphatic carbocycles. The van der Waals surface area contributed by atoms with Gasteiger partial charge in [0.15, 0.2) is 0 Å². The molecule has 0 saturated carbocycles. The van der Waals surface area contributed by atoms with Gasteiger partial charge in [0.25, 0.3) is 0 Å². The molecule has 6 nitrogen and oxygen atoms in total. The van der Waals surface area contributed by atoms with E-state index in [0.29, 0.717) is 29.6 Å². The van der Waals surface area contributed by atoms with Crippen LogP contribution < -0.4 is 5.69 Å². The molecule has 0 bridgehead atoms. The van der Waals surface area contributed by atoms with E-state index < -0.39 is 0 Å². The van der Waals surface area contributed by atoms with E-state index >= 15 is 0 Å². The minimum Gasteiger partial charge on any atom is -0.336 e. The van der Waals surface area contributed by atoms with Crippen molar-refractivity contribution in [2.45, 2.75) is 20.0 Å². The van der Waals surface area contributed by atoms with Crippen LogP contribution in [-0.4, -0.2) is 23.9 Å². The maximum absolute atomic E-state index is 12.4. The van der Waals surface area contributed by atoms with Gasteiger partial charge >= 0.3 is 5.69 Å². The molecule has 0 spiro atoms. The maximum atomic E-state index is 12.4. The Morgan fingerprint density at radius 1 is 1.19 bits per heavy atom. The SMILES string of the molecule is Cc1nn(-c2ccc(Cl)cc2)c(=O)n1CCn1ccnc1. The highest BCUT2D eigenvalue weighted by Gasteiger charge is 2.11. The highest BCUT2D eigenvalue weighted by Crippen LogP contribution is 2.11. The number of imidazole rings is 1. The number of benzene rings is 1. The molecular weight excluding hydrogens is 290 g/mol. The van der Waals surface area contributed by atoms with Crippen LogP contribution >= 0.6 is 11.6 Å². The molecule has 0 saturated heterocycles. The van der Waals surface area contributed by atoms with Crippen LogP contribution in [0, 0.1) is 6.92 Å². The predicted octanol–water partition coefficient (Wildman–Crippen LogP) is 1.89. The Kier molecular flexibility index (Phi) is 3.62. The molecule has 3 aromatic rings. The smallest absolute Gasteiger partial charge is 0.336 e. The monoisotopic (exact) mass is 303 g/mol. The summed E-state index contributed by atoms with van der Waals surface area (Å²) in [6, 6.07) is 7.03. The summed E-state index contributed by atoms with van der Waals surface area (Å²) < 4.78 is 4.96. The van der Waals surface area contributed by atoms with Crippen molar-refractivity contribution in [3.63, 3.8) is 0 Å². The summed E-state index contributed by atoms with van der Waals surface area (Å²) >= 11 is 5.86. The van der Waals surface area contributed by atoms with Gasteiger partial charge < -0.3 is 4.57 Å². The van der Waals surface area contributed by atoms with Gasteiger partial charge in [0.1, 0.15) is 5.82 Å². The molecule has 0 atom stereocenters. The first-order chi connectivity index (χ1) is 10.1. The first-order valence-electron chi connectivity index (χ1n) is 6.53. The van der Waals surface area contributed by atoms with Crippen LogP contribution in [0.3, 0.4) is 0 Å². The molecule has 0 aliphatic rings. The lowest BCUT2D eigenvalue weighted by molar-refractivity contribution is 0.553. The van der Waals surface area contributed by atoms with E-state index in [9.17, 15) is 4.79 Å². The van der Waals surface area contributed by atoms with Crippen molar-refractivity contribution in [1.29, 1.82) is 0 Å². The Morgan fingerprint density at radius 3 is 2.62 bits per heavy atom. The molecular formula is C14H14ClN5O. The van der Waals surface area contributed by atoms with Gasteiger partial charge in [0.2, 0.25) is 0 Å². The summed E-state index contributed by atoms with van der Waals surface area (Å²) in [5.74, 6) is 0.676. The minimum absolute atomic E-state index is 0.157. The van der Waals surface area contributed by atoms with Crippen molar-refractivity contribution < 1.29 is 0 Å². The van der Waals surface area contributed by atoms with Gasteiger partial charge in [0, 0.05) is 30.5 Å². The van der Waals surface area contributed by atoms with E-state index in [4.69, 9.17) is 11.6 Å². The zero-order chi connectivity index (χ0) is 14.8. The second-order valence-corrected chi connectivity index (χ2v) is 5.11. The quantitative estimate of drug-likeness (QED) is 0.739. The van der Waals surface area contributed by atoms with Crippen molar-refractivity contribution in [3.8, 4) is 5.69 Å². The first kappa shape index (κ1) is 13.6. The molecule has 0 amide bonds. The summed E-state index contributed by atoms with van der Waals surface area (Å²) in [4.78, 5) is 16.4. The Labute approximate surface area is 126 Å². The number of halogens is 1. The number of hydrogen-bond donors (Lipinski definition) is 0. The molecule has 3 rings (SSSR count).